The van der Waals surface area contributed by atoms with E-state index in [1.807, 2.05) is 23.0 Å². The molecule has 0 radical (unpaired) electrons. The third-order valence-electron chi connectivity index (χ3n) is 12.2. The Bertz CT molecular complexity index is 1570. The summed E-state index contributed by atoms with van der Waals surface area (Å²) < 4.78 is 16.4. The number of aromatic nitrogens is 4. The Hall–Kier alpha value is -3.53. The molecule has 9 nitrogen and oxygen atoms in total. The van der Waals surface area contributed by atoms with Gasteiger partial charge in [0, 0.05) is 48.5 Å². The van der Waals surface area contributed by atoms with Crippen LogP contribution < -0.4 is 10.6 Å². The van der Waals surface area contributed by atoms with Gasteiger partial charge in [-0.25, -0.2) is 9.37 Å². The molecule has 4 heterocycles. The number of halogens is 1. The smallest absolute Gasteiger partial charge is 0.306 e. The molecule has 10 heteroatoms. The van der Waals surface area contributed by atoms with Crippen molar-refractivity contribution in [3.8, 4) is 0 Å². The zero-order chi connectivity index (χ0) is 33.9. The largest absolute Gasteiger partial charge is 0.481 e. The lowest BCUT2D eigenvalue weighted by Gasteiger charge is -2.47. The van der Waals surface area contributed by atoms with Crippen molar-refractivity contribution in [1.82, 2.24) is 24.6 Å². The molecule has 2 bridgehead atoms. The number of hydrogen-bond donors (Lipinski definition) is 3. The molecule has 3 aromatic rings. The zero-order valence-electron chi connectivity index (χ0n) is 29.3. The molecule has 0 amide bonds. The van der Waals surface area contributed by atoms with Gasteiger partial charge in [0.25, 0.3) is 0 Å². The summed E-state index contributed by atoms with van der Waals surface area (Å²) in [5.74, 6) is 1.01. The van der Waals surface area contributed by atoms with E-state index in [0.717, 1.165) is 87.1 Å². The van der Waals surface area contributed by atoms with Crippen molar-refractivity contribution in [2.24, 2.45) is 11.8 Å². The van der Waals surface area contributed by atoms with Crippen LogP contribution >= 0.6 is 0 Å². The number of nitrogens with zero attached hydrogens (tertiary/aromatic N) is 5. The molecule has 2 aliphatic heterocycles. The molecular weight excluding hydrogens is 617 g/mol. The highest BCUT2D eigenvalue weighted by Gasteiger charge is 2.37. The van der Waals surface area contributed by atoms with Gasteiger partial charge in [0.2, 0.25) is 5.95 Å². The molecule has 2 aromatic heterocycles. The Labute approximate surface area is 290 Å². The SMILES string of the molecule is CC[C@@H](Nc1nc2c(c(N[C@@H](CN3C4CCCC3CCC4)c3cnn(CC)c3)n1)C[C@H](c1cccc(F)c1)CC2)C1CCC(C(=O)O)CC1. The highest BCUT2D eigenvalue weighted by molar-refractivity contribution is 5.70. The fourth-order valence-electron chi connectivity index (χ4n) is 9.40. The van der Waals surface area contributed by atoms with Crippen LogP contribution in [0.3, 0.4) is 0 Å². The van der Waals surface area contributed by atoms with E-state index in [1.165, 1.54) is 50.2 Å². The second-order valence-corrected chi connectivity index (χ2v) is 15.1. The lowest BCUT2D eigenvalue weighted by atomic mass is 9.78. The van der Waals surface area contributed by atoms with Crippen molar-refractivity contribution in [3.63, 3.8) is 0 Å². The van der Waals surface area contributed by atoms with Crippen LogP contribution in [0.25, 0.3) is 0 Å². The van der Waals surface area contributed by atoms with Gasteiger partial charge in [-0.05, 0) is 114 Å². The van der Waals surface area contributed by atoms with Crippen molar-refractivity contribution in [1.29, 1.82) is 0 Å². The van der Waals surface area contributed by atoms with E-state index in [0.29, 0.717) is 23.9 Å². The molecule has 1 saturated carbocycles. The molecule has 3 N–H and O–H groups in total. The van der Waals surface area contributed by atoms with Gasteiger partial charge >= 0.3 is 5.97 Å². The van der Waals surface area contributed by atoms with Gasteiger partial charge in [0.15, 0.2) is 0 Å². The predicted molar refractivity (Wildman–Crippen MR) is 190 cm³/mol. The van der Waals surface area contributed by atoms with Gasteiger partial charge < -0.3 is 15.7 Å². The van der Waals surface area contributed by atoms with Gasteiger partial charge in [0.05, 0.1) is 23.9 Å². The third-order valence-corrected chi connectivity index (χ3v) is 12.2. The van der Waals surface area contributed by atoms with E-state index in [9.17, 15) is 14.3 Å². The zero-order valence-corrected chi connectivity index (χ0v) is 29.3. The first-order chi connectivity index (χ1) is 23.9. The standard InChI is InChI=1S/C39H54FN7O2/c1-3-34(25-14-16-26(17-15-25)38(48)49)43-39-44-35-19-18-28(27-8-5-9-30(40)20-27)21-33(35)37(45-39)42-36(29-22-41-46(4-2)23-29)24-47-31-10-6-11-32(47)13-7-12-31/h5,8-9,20,22-23,25-26,28,31-32,34,36H,3-4,6-7,10-19,21,24H2,1-2H3,(H,48,49)(H2,42,43,44,45)/t25?,26?,28-,31?,32?,34-,36+/m1/s1. The van der Waals surface area contributed by atoms with Crippen LogP contribution in [0, 0.1) is 17.7 Å². The molecule has 3 fully saturated rings. The fraction of sp³-hybridized carbons (Fsp3) is 0.641. The first-order valence-electron chi connectivity index (χ1n) is 19.1. The average molecular weight is 672 g/mol. The lowest BCUT2D eigenvalue weighted by Crippen LogP contribution is -2.51. The molecule has 4 aliphatic rings. The number of piperidine rings is 2. The average Bonchev–Trinajstić information content (AvgIpc) is 3.60. The maximum Gasteiger partial charge on any atom is 0.306 e. The number of carbonyl (C=O) groups is 1. The number of carboxylic acid groups (broad SMARTS) is 1. The molecule has 264 valence electrons. The Morgan fingerprint density at radius 2 is 1.76 bits per heavy atom. The summed E-state index contributed by atoms with van der Waals surface area (Å²) >= 11 is 0. The van der Waals surface area contributed by atoms with Crippen molar-refractivity contribution in [2.45, 2.75) is 140 Å². The summed E-state index contributed by atoms with van der Waals surface area (Å²) in [6.07, 6.45) is 18.6. The highest BCUT2D eigenvalue weighted by atomic mass is 19.1. The number of carboxylic acids is 1. The first kappa shape index (κ1) is 33.9. The summed E-state index contributed by atoms with van der Waals surface area (Å²) in [7, 11) is 0. The number of aryl methyl sites for hydroxylation is 2. The monoisotopic (exact) mass is 671 g/mol. The number of fused-ring (bicyclic) bond motifs is 3. The predicted octanol–water partition coefficient (Wildman–Crippen LogP) is 7.75. The minimum absolute atomic E-state index is 0.0103. The van der Waals surface area contributed by atoms with Crippen molar-refractivity contribution in [3.05, 3.63) is 64.9 Å². The van der Waals surface area contributed by atoms with Gasteiger partial charge in [-0.2, -0.15) is 10.1 Å². The van der Waals surface area contributed by atoms with Crippen LogP contribution in [-0.4, -0.2) is 60.4 Å². The molecule has 2 saturated heterocycles. The quantitative estimate of drug-likeness (QED) is 0.180. The fourth-order valence-corrected chi connectivity index (χ4v) is 9.40. The lowest BCUT2D eigenvalue weighted by molar-refractivity contribution is -0.143. The minimum Gasteiger partial charge on any atom is -0.481 e. The van der Waals surface area contributed by atoms with E-state index < -0.39 is 5.97 Å². The van der Waals surface area contributed by atoms with Crippen molar-refractivity contribution < 1.29 is 14.3 Å². The van der Waals surface area contributed by atoms with Gasteiger partial charge in [-0.1, -0.05) is 31.9 Å². The Morgan fingerprint density at radius 3 is 2.41 bits per heavy atom. The molecule has 0 spiro atoms. The second kappa shape index (κ2) is 15.2. The summed E-state index contributed by atoms with van der Waals surface area (Å²) in [6, 6.07) is 8.51. The van der Waals surface area contributed by atoms with E-state index >= 15 is 0 Å². The Kier molecular flexibility index (Phi) is 10.5. The maximum absolute atomic E-state index is 14.3. The van der Waals surface area contributed by atoms with E-state index in [-0.39, 0.29) is 29.7 Å². The number of anilines is 2. The number of aliphatic carboxylic acids is 1. The first-order valence-corrected chi connectivity index (χ1v) is 19.1. The second-order valence-electron chi connectivity index (χ2n) is 15.1. The molecule has 3 atom stereocenters. The Balaban J connectivity index is 1.21. The summed E-state index contributed by atoms with van der Waals surface area (Å²) in [5, 5.41) is 22.0. The van der Waals surface area contributed by atoms with E-state index in [4.69, 9.17) is 9.97 Å². The van der Waals surface area contributed by atoms with Crippen LogP contribution in [-0.2, 0) is 24.2 Å². The molecule has 7 rings (SSSR count). The van der Waals surface area contributed by atoms with Crippen molar-refractivity contribution >= 4 is 17.7 Å². The van der Waals surface area contributed by atoms with Gasteiger partial charge in [0.1, 0.15) is 11.6 Å². The topological polar surface area (TPSA) is 108 Å². The van der Waals surface area contributed by atoms with Gasteiger partial charge in [-0.15, -0.1) is 0 Å². The van der Waals surface area contributed by atoms with E-state index in [2.05, 4.69) is 40.7 Å². The normalized spacial score (nSPS) is 26.8. The molecular formula is C39H54FN7O2. The summed E-state index contributed by atoms with van der Waals surface area (Å²) in [6.45, 7) is 6.04. The molecule has 2 aliphatic carbocycles. The Morgan fingerprint density at radius 1 is 1.00 bits per heavy atom. The number of benzene rings is 1. The van der Waals surface area contributed by atoms with Crippen molar-refractivity contribution in [2.75, 3.05) is 17.2 Å². The maximum atomic E-state index is 14.3. The number of nitrogens with one attached hydrogen (secondary N) is 2. The molecule has 1 aromatic carbocycles. The van der Waals surface area contributed by atoms with Crippen LogP contribution in [0.15, 0.2) is 36.7 Å². The number of hydrogen-bond acceptors (Lipinski definition) is 7. The van der Waals surface area contributed by atoms with Crippen LogP contribution in [0.4, 0.5) is 16.2 Å². The minimum atomic E-state index is -0.669. The van der Waals surface area contributed by atoms with Gasteiger partial charge in [-0.3, -0.25) is 14.4 Å². The van der Waals surface area contributed by atoms with Crippen LogP contribution in [0.1, 0.15) is 125 Å². The summed E-state index contributed by atoms with van der Waals surface area (Å²) in [5.41, 5.74) is 4.40. The highest BCUT2D eigenvalue weighted by Crippen LogP contribution is 2.40. The summed E-state index contributed by atoms with van der Waals surface area (Å²) in [4.78, 5) is 24.8. The van der Waals surface area contributed by atoms with Crippen LogP contribution in [0.5, 0.6) is 0 Å². The third kappa shape index (κ3) is 7.64. The number of rotatable bonds is 12. The molecule has 0 unspecified atom stereocenters. The molecule has 49 heavy (non-hydrogen) atoms. The van der Waals surface area contributed by atoms with Crippen LogP contribution in [0.2, 0.25) is 0 Å². The van der Waals surface area contributed by atoms with E-state index in [1.54, 1.807) is 6.07 Å².